The fourth-order valence-electron chi connectivity index (χ4n) is 2.15. The average Bonchev–Trinajstić information content (AvgIpc) is 2.97. The van der Waals surface area contributed by atoms with Crippen molar-refractivity contribution in [3.63, 3.8) is 0 Å². The summed E-state index contributed by atoms with van der Waals surface area (Å²) in [7, 11) is 1.20. The molecule has 0 aliphatic carbocycles. The van der Waals surface area contributed by atoms with Crippen molar-refractivity contribution >= 4 is 40.7 Å². The Morgan fingerprint density at radius 2 is 2.38 bits per heavy atom. The number of rotatable bonds is 5. The van der Waals surface area contributed by atoms with E-state index in [1.54, 1.807) is 0 Å². The lowest BCUT2D eigenvalue weighted by atomic mass is 10.1. The molecule has 2 rings (SSSR count). The Hall–Kier alpha value is -1.47. The van der Waals surface area contributed by atoms with Crippen LogP contribution in [0.4, 0.5) is 11.4 Å². The fourth-order valence-corrected chi connectivity index (χ4v) is 3.59. The van der Waals surface area contributed by atoms with Gasteiger partial charge in [-0.2, -0.15) is 11.8 Å². The van der Waals surface area contributed by atoms with E-state index in [9.17, 15) is 14.9 Å². The highest BCUT2D eigenvalue weighted by molar-refractivity contribution is 8.00. The minimum atomic E-state index is -0.694. The molecule has 0 aromatic heterocycles. The third-order valence-corrected chi connectivity index (χ3v) is 4.94. The van der Waals surface area contributed by atoms with Crippen LogP contribution in [0.15, 0.2) is 12.1 Å². The zero-order chi connectivity index (χ0) is 15.4. The number of ether oxygens (including phenoxy) is 1. The Kier molecular flexibility index (Phi) is 5.30. The summed E-state index contributed by atoms with van der Waals surface area (Å²) in [4.78, 5) is 22.2. The number of anilines is 1. The van der Waals surface area contributed by atoms with Gasteiger partial charge in [-0.1, -0.05) is 11.6 Å². The standard InChI is InChI=1S/C13H15ClN2O4S/c1-20-13(17)9-5-12(16(18)19)11(6-10(9)14)15-7-8-3-2-4-21-8/h5-6,8,15H,2-4,7H2,1H3. The van der Waals surface area contributed by atoms with Crippen LogP contribution in [-0.4, -0.2) is 35.5 Å². The monoisotopic (exact) mass is 330 g/mol. The Bertz CT molecular complexity index is 561. The molecule has 114 valence electrons. The number of carbonyl (C=O) groups excluding carboxylic acids is 1. The molecule has 1 aromatic rings. The minimum absolute atomic E-state index is 0.00772. The maximum Gasteiger partial charge on any atom is 0.339 e. The first-order valence-corrected chi connectivity index (χ1v) is 7.87. The van der Waals surface area contributed by atoms with E-state index >= 15 is 0 Å². The maximum absolute atomic E-state index is 11.5. The van der Waals surface area contributed by atoms with Crippen LogP contribution >= 0.6 is 23.4 Å². The first kappa shape index (κ1) is 15.9. The third kappa shape index (κ3) is 3.79. The minimum Gasteiger partial charge on any atom is -0.465 e. The van der Waals surface area contributed by atoms with Crippen LogP contribution in [0.2, 0.25) is 5.02 Å². The Morgan fingerprint density at radius 1 is 1.62 bits per heavy atom. The molecule has 1 aliphatic rings. The molecule has 0 radical (unpaired) electrons. The molecule has 0 saturated carbocycles. The number of hydrogen-bond donors (Lipinski definition) is 1. The molecular formula is C13H15ClN2O4S. The Morgan fingerprint density at radius 3 is 2.95 bits per heavy atom. The summed E-state index contributed by atoms with van der Waals surface area (Å²) in [5, 5.41) is 14.8. The molecular weight excluding hydrogens is 316 g/mol. The van der Waals surface area contributed by atoms with Gasteiger partial charge in [0.2, 0.25) is 0 Å². The van der Waals surface area contributed by atoms with E-state index < -0.39 is 10.9 Å². The highest BCUT2D eigenvalue weighted by Gasteiger charge is 2.23. The van der Waals surface area contributed by atoms with Gasteiger partial charge in [-0.25, -0.2) is 4.79 Å². The largest absolute Gasteiger partial charge is 0.465 e. The zero-order valence-electron chi connectivity index (χ0n) is 11.4. The van der Waals surface area contributed by atoms with Crippen LogP contribution in [0.1, 0.15) is 23.2 Å². The third-order valence-electron chi connectivity index (χ3n) is 3.23. The Balaban J connectivity index is 2.24. The first-order valence-electron chi connectivity index (χ1n) is 6.44. The number of nitrogens with one attached hydrogen (secondary N) is 1. The van der Waals surface area contributed by atoms with Gasteiger partial charge in [0.15, 0.2) is 0 Å². The second kappa shape index (κ2) is 7.00. The van der Waals surface area contributed by atoms with E-state index in [-0.39, 0.29) is 16.3 Å². The summed E-state index contributed by atoms with van der Waals surface area (Å²) >= 11 is 7.86. The van der Waals surface area contributed by atoms with Gasteiger partial charge in [0.25, 0.3) is 5.69 Å². The van der Waals surface area contributed by atoms with Crippen molar-refractivity contribution in [2.75, 3.05) is 24.7 Å². The van der Waals surface area contributed by atoms with Crippen LogP contribution in [0, 0.1) is 10.1 Å². The first-order chi connectivity index (χ1) is 10.0. The van der Waals surface area contributed by atoms with Crippen molar-refractivity contribution in [2.24, 2.45) is 0 Å². The molecule has 0 bridgehead atoms. The van der Waals surface area contributed by atoms with Gasteiger partial charge in [0.05, 0.1) is 22.6 Å². The quantitative estimate of drug-likeness (QED) is 0.506. The number of halogens is 1. The molecule has 1 N–H and O–H groups in total. The summed E-state index contributed by atoms with van der Waals surface area (Å²) in [5.41, 5.74) is 0.139. The summed E-state index contributed by atoms with van der Waals surface area (Å²) in [6.45, 7) is 0.638. The second-order valence-corrected chi connectivity index (χ2v) is 6.43. The molecule has 0 spiro atoms. The maximum atomic E-state index is 11.5. The molecule has 8 heteroatoms. The lowest BCUT2D eigenvalue weighted by Gasteiger charge is -2.13. The van der Waals surface area contributed by atoms with Crippen LogP contribution < -0.4 is 5.32 Å². The molecule has 1 aliphatic heterocycles. The summed E-state index contributed by atoms with van der Waals surface area (Å²) < 4.78 is 4.56. The lowest BCUT2D eigenvalue weighted by molar-refractivity contribution is -0.384. The fraction of sp³-hybridized carbons (Fsp3) is 0.462. The van der Waals surface area contributed by atoms with Crippen molar-refractivity contribution in [2.45, 2.75) is 18.1 Å². The topological polar surface area (TPSA) is 81.5 Å². The molecule has 1 aromatic carbocycles. The lowest BCUT2D eigenvalue weighted by Crippen LogP contribution is -2.15. The SMILES string of the molecule is COC(=O)c1cc([N+](=O)[O-])c(NCC2CCCS2)cc1Cl. The number of carbonyl (C=O) groups is 1. The van der Waals surface area contributed by atoms with Crippen molar-refractivity contribution in [1.82, 2.24) is 0 Å². The van der Waals surface area contributed by atoms with Crippen molar-refractivity contribution in [3.05, 3.63) is 32.8 Å². The zero-order valence-corrected chi connectivity index (χ0v) is 13.0. The van der Waals surface area contributed by atoms with E-state index in [1.165, 1.54) is 19.6 Å². The normalized spacial score (nSPS) is 17.5. The van der Waals surface area contributed by atoms with Gasteiger partial charge in [0.1, 0.15) is 5.69 Å². The van der Waals surface area contributed by atoms with Gasteiger partial charge in [-0.05, 0) is 24.7 Å². The number of esters is 1. The van der Waals surface area contributed by atoms with E-state index in [2.05, 4.69) is 10.1 Å². The highest BCUT2D eigenvalue weighted by Crippen LogP contribution is 2.33. The van der Waals surface area contributed by atoms with Crippen molar-refractivity contribution in [1.29, 1.82) is 0 Å². The second-order valence-electron chi connectivity index (χ2n) is 4.61. The van der Waals surface area contributed by atoms with E-state index in [0.29, 0.717) is 17.5 Å². The number of benzene rings is 1. The van der Waals surface area contributed by atoms with Gasteiger partial charge >= 0.3 is 5.97 Å². The molecule has 1 atom stereocenters. The number of nitro groups is 1. The molecule has 1 fully saturated rings. The van der Waals surface area contributed by atoms with Crippen LogP contribution in [-0.2, 0) is 4.74 Å². The number of hydrogen-bond acceptors (Lipinski definition) is 6. The van der Waals surface area contributed by atoms with Gasteiger partial charge in [-0.15, -0.1) is 0 Å². The number of nitro benzene ring substituents is 1. The molecule has 1 unspecified atom stereocenters. The van der Waals surface area contributed by atoms with E-state index in [0.717, 1.165) is 18.2 Å². The molecule has 0 amide bonds. The van der Waals surface area contributed by atoms with Gasteiger partial charge < -0.3 is 10.1 Å². The predicted octanol–water partition coefficient (Wildman–Crippen LogP) is 3.34. The van der Waals surface area contributed by atoms with Gasteiger partial charge in [-0.3, -0.25) is 10.1 Å². The number of nitrogens with zero attached hydrogens (tertiary/aromatic N) is 1. The summed E-state index contributed by atoms with van der Waals surface area (Å²) in [6.07, 6.45) is 2.26. The smallest absolute Gasteiger partial charge is 0.339 e. The summed E-state index contributed by atoms with van der Waals surface area (Å²) in [5.74, 6) is 0.428. The number of methoxy groups -OCH3 is 1. The van der Waals surface area contributed by atoms with Gasteiger partial charge in [0, 0.05) is 17.9 Å². The molecule has 1 heterocycles. The predicted molar refractivity (Wildman–Crippen MR) is 83.4 cm³/mol. The van der Waals surface area contributed by atoms with E-state index in [1.807, 2.05) is 11.8 Å². The van der Waals surface area contributed by atoms with Crippen molar-refractivity contribution in [3.8, 4) is 0 Å². The molecule has 21 heavy (non-hydrogen) atoms. The summed E-state index contributed by atoms with van der Waals surface area (Å²) in [6, 6.07) is 2.56. The van der Waals surface area contributed by atoms with Crippen LogP contribution in [0.3, 0.4) is 0 Å². The van der Waals surface area contributed by atoms with Crippen LogP contribution in [0.25, 0.3) is 0 Å². The Labute approximate surface area is 131 Å². The molecule has 1 saturated heterocycles. The van der Waals surface area contributed by atoms with Crippen LogP contribution in [0.5, 0.6) is 0 Å². The highest BCUT2D eigenvalue weighted by atomic mass is 35.5. The molecule has 6 nitrogen and oxygen atoms in total. The average molecular weight is 331 g/mol. The van der Waals surface area contributed by atoms with Crippen molar-refractivity contribution < 1.29 is 14.5 Å². The number of thioether (sulfide) groups is 1. The van der Waals surface area contributed by atoms with E-state index in [4.69, 9.17) is 11.6 Å².